The molecule has 0 heteroatoms. The Morgan fingerprint density at radius 1 is 0.941 bits per heavy atom. The lowest BCUT2D eigenvalue weighted by Crippen LogP contribution is -1.72. The highest BCUT2D eigenvalue weighted by Gasteiger charge is 1.74. The number of hydrogen-bond donors (Lipinski definition) is 0. The van der Waals surface area contributed by atoms with Gasteiger partial charge in [0.1, 0.15) is 0 Å². The van der Waals surface area contributed by atoms with Crippen LogP contribution in [0.25, 0.3) is 0 Å². The van der Waals surface area contributed by atoms with Crippen molar-refractivity contribution in [2.45, 2.75) is 53.9 Å². The largest absolute Gasteiger partial charge is 0.120 e. The summed E-state index contributed by atoms with van der Waals surface area (Å²) in [5.74, 6) is 10.1. The Morgan fingerprint density at radius 2 is 1.24 bits per heavy atom. The first-order valence-corrected chi connectivity index (χ1v) is 5.72. The van der Waals surface area contributed by atoms with Gasteiger partial charge in [0, 0.05) is 18.8 Å². The average Bonchev–Trinajstić information content (AvgIpc) is 2.32. The van der Waals surface area contributed by atoms with Gasteiger partial charge in [-0.05, 0) is 13.3 Å². The monoisotopic (exact) mass is 230 g/mol. The molecule has 17 heavy (non-hydrogen) atoms. The van der Waals surface area contributed by atoms with Gasteiger partial charge in [-0.15, -0.1) is 49.4 Å². The van der Waals surface area contributed by atoms with E-state index in [-0.39, 0.29) is 0 Å². The van der Waals surface area contributed by atoms with Crippen LogP contribution in [0, 0.1) is 55.3 Å². The Balaban J connectivity index is -0.0000000676. The summed E-state index contributed by atoms with van der Waals surface area (Å²) in [4.78, 5) is 0. The van der Waals surface area contributed by atoms with E-state index in [9.17, 15) is 0 Å². The van der Waals surface area contributed by atoms with Crippen LogP contribution in [0.15, 0.2) is 0 Å². The second-order valence-corrected chi connectivity index (χ2v) is 3.12. The van der Waals surface area contributed by atoms with Gasteiger partial charge < -0.3 is 0 Å². The number of hydrogen-bond acceptors (Lipinski definition) is 0. The smallest absolute Gasteiger partial charge is 0.0143 e. The van der Waals surface area contributed by atoms with Crippen molar-refractivity contribution < 1.29 is 0 Å². The number of rotatable bonds is 1. The average molecular weight is 230 g/mol. The first-order chi connectivity index (χ1) is 8.01. The van der Waals surface area contributed by atoms with E-state index in [0.29, 0.717) is 5.92 Å². The van der Waals surface area contributed by atoms with E-state index in [1.807, 2.05) is 20.8 Å². The van der Waals surface area contributed by atoms with Gasteiger partial charge in [0.05, 0.1) is 0 Å². The third-order valence-corrected chi connectivity index (χ3v) is 0.932. The van der Waals surface area contributed by atoms with Crippen LogP contribution in [0.1, 0.15) is 53.9 Å². The minimum absolute atomic E-state index is 0.412. The molecule has 0 heterocycles. The molecular formula is C17H26. The predicted octanol–water partition coefficient (Wildman–Crippen LogP) is 4.36. The van der Waals surface area contributed by atoms with Crippen LogP contribution < -0.4 is 0 Å². The fraction of sp³-hybridized carbons (Fsp3) is 0.529. The molecule has 0 fully saturated rings. The van der Waals surface area contributed by atoms with Crippen molar-refractivity contribution in [2.75, 3.05) is 0 Å². The normalized spacial score (nSPS) is 5.76. The van der Waals surface area contributed by atoms with Crippen molar-refractivity contribution in [3.63, 3.8) is 0 Å². The molecule has 0 nitrogen and oxygen atoms in total. The first kappa shape index (κ1) is 24.5. The van der Waals surface area contributed by atoms with Gasteiger partial charge in [-0.25, -0.2) is 0 Å². The summed E-state index contributed by atoms with van der Waals surface area (Å²) in [5, 5.41) is 0. The van der Waals surface area contributed by atoms with Crippen LogP contribution in [0.2, 0.25) is 0 Å². The third-order valence-electron chi connectivity index (χ3n) is 0.932. The topological polar surface area (TPSA) is 0 Å². The Morgan fingerprint density at radius 3 is 1.24 bits per heavy atom. The molecule has 0 saturated carbocycles. The lowest BCUT2D eigenvalue weighted by atomic mass is 10.2. The highest BCUT2D eigenvalue weighted by Crippen LogP contribution is 1.81. The minimum Gasteiger partial charge on any atom is -0.120 e. The zero-order chi connectivity index (χ0) is 14.5. The van der Waals surface area contributed by atoms with Crippen molar-refractivity contribution in [2.24, 2.45) is 5.92 Å². The van der Waals surface area contributed by atoms with Gasteiger partial charge >= 0.3 is 0 Å². The molecule has 0 rings (SSSR count). The van der Waals surface area contributed by atoms with Crippen LogP contribution >= 0.6 is 0 Å². The molecule has 0 aromatic carbocycles. The van der Waals surface area contributed by atoms with Gasteiger partial charge in [0.15, 0.2) is 0 Å². The maximum Gasteiger partial charge on any atom is 0.0143 e. The maximum absolute atomic E-state index is 4.92. The summed E-state index contributed by atoms with van der Waals surface area (Å²) in [6, 6.07) is 0. The summed E-state index contributed by atoms with van der Waals surface area (Å²) in [6.45, 7) is 9.64. The predicted molar refractivity (Wildman–Crippen MR) is 81.0 cm³/mol. The maximum atomic E-state index is 4.92. The van der Waals surface area contributed by atoms with Crippen molar-refractivity contribution in [1.29, 1.82) is 0 Å². The molecule has 0 aliphatic heterocycles. The highest BCUT2D eigenvalue weighted by molar-refractivity contribution is 4.86. The van der Waals surface area contributed by atoms with E-state index in [1.165, 1.54) is 0 Å². The van der Waals surface area contributed by atoms with E-state index in [0.717, 1.165) is 19.3 Å². The quantitative estimate of drug-likeness (QED) is 0.587. The molecule has 0 spiro atoms. The van der Waals surface area contributed by atoms with Crippen molar-refractivity contribution in [1.82, 2.24) is 0 Å². The van der Waals surface area contributed by atoms with E-state index in [4.69, 9.17) is 19.3 Å². The van der Waals surface area contributed by atoms with Crippen molar-refractivity contribution >= 4 is 0 Å². The molecule has 0 aromatic rings. The molecular weight excluding hydrogens is 204 g/mol. The molecule has 0 radical (unpaired) electrons. The van der Waals surface area contributed by atoms with Gasteiger partial charge in [0.25, 0.3) is 0 Å². The summed E-state index contributed by atoms with van der Waals surface area (Å²) in [7, 11) is 0. The van der Waals surface area contributed by atoms with E-state index in [2.05, 4.69) is 37.0 Å². The molecule has 0 unspecified atom stereocenters. The fourth-order valence-electron chi connectivity index (χ4n) is 0.144. The fourth-order valence-corrected chi connectivity index (χ4v) is 0.144. The molecule has 0 bridgehead atoms. The molecule has 0 amide bonds. The van der Waals surface area contributed by atoms with Gasteiger partial charge in [0.2, 0.25) is 0 Å². The standard InChI is InChI=1S/2C5H8.C4H6.C3H4/c1-4-5(2)3;1-3-5-4-2;1-3-4-2;1-3-2/h1,5H,2-3H3;1H,4-5H2,2H3;1H,4H2,2H3;1H,2H3. The molecule has 0 N–H and O–H groups in total. The Kier molecular flexibility index (Phi) is 52.9. The van der Waals surface area contributed by atoms with Crippen LogP contribution in [-0.2, 0) is 0 Å². The van der Waals surface area contributed by atoms with Crippen LogP contribution in [0.4, 0.5) is 0 Å². The zero-order valence-corrected chi connectivity index (χ0v) is 12.0. The summed E-state index contributed by atoms with van der Waals surface area (Å²) in [5.41, 5.74) is 0. The first-order valence-electron chi connectivity index (χ1n) is 5.72. The minimum atomic E-state index is 0.412. The molecule has 0 aromatic heterocycles. The van der Waals surface area contributed by atoms with Crippen LogP contribution in [0.3, 0.4) is 0 Å². The lowest BCUT2D eigenvalue weighted by Gasteiger charge is -1.80. The van der Waals surface area contributed by atoms with Gasteiger partial charge in [-0.3, -0.25) is 0 Å². The second-order valence-electron chi connectivity index (χ2n) is 3.12. The number of unbranched alkanes of at least 4 members (excludes halogenated alkanes) is 1. The highest BCUT2D eigenvalue weighted by atomic mass is 13.8. The van der Waals surface area contributed by atoms with Crippen LogP contribution in [0.5, 0.6) is 0 Å². The van der Waals surface area contributed by atoms with E-state index in [1.54, 1.807) is 6.92 Å². The second kappa shape index (κ2) is 36.8. The van der Waals surface area contributed by atoms with Gasteiger partial charge in [-0.1, -0.05) is 27.7 Å². The Bertz CT molecular complexity index is 254. The summed E-state index contributed by atoms with van der Waals surface area (Å²) >= 11 is 0. The Labute approximate surface area is 110 Å². The number of terminal acetylenes is 4. The molecule has 0 atom stereocenters. The lowest BCUT2D eigenvalue weighted by molar-refractivity contribution is 0.868. The van der Waals surface area contributed by atoms with E-state index < -0.39 is 0 Å². The molecule has 0 aliphatic rings. The molecule has 94 valence electrons. The van der Waals surface area contributed by atoms with Gasteiger partial charge in [-0.2, -0.15) is 0 Å². The third kappa shape index (κ3) is 203. The molecule has 0 saturated heterocycles. The zero-order valence-electron chi connectivity index (χ0n) is 12.0. The molecule has 0 aliphatic carbocycles. The van der Waals surface area contributed by atoms with Crippen molar-refractivity contribution in [3.05, 3.63) is 0 Å². The van der Waals surface area contributed by atoms with Crippen molar-refractivity contribution in [3.8, 4) is 49.4 Å². The summed E-state index contributed by atoms with van der Waals surface area (Å²) < 4.78 is 0. The summed E-state index contributed by atoms with van der Waals surface area (Å²) in [6.07, 6.45) is 22.1. The van der Waals surface area contributed by atoms with E-state index >= 15 is 0 Å². The Hall–Kier alpha value is -1.76. The van der Waals surface area contributed by atoms with Crippen LogP contribution in [-0.4, -0.2) is 0 Å². The SMILES string of the molecule is C#CC.C#CC(C)C.C#CCC.C#CCCC.